The Morgan fingerprint density at radius 1 is 0.708 bits per heavy atom. The Kier molecular flexibility index (Phi) is 3.69. The fourth-order valence-corrected chi connectivity index (χ4v) is 3.37. The number of hydrogen-bond donors (Lipinski definition) is 0. The fraction of sp³-hybridized carbons (Fsp3) is 0.100. The van der Waals surface area contributed by atoms with Crippen LogP contribution >= 0.6 is 15.9 Å². The van der Waals surface area contributed by atoms with Crippen LogP contribution in [-0.2, 0) is 0 Å². The van der Waals surface area contributed by atoms with Gasteiger partial charge in [0, 0.05) is 20.9 Å². The summed E-state index contributed by atoms with van der Waals surface area (Å²) in [5.41, 5.74) is 3.40. The van der Waals surface area contributed by atoms with Crippen LogP contribution in [0, 0.1) is 0 Å². The summed E-state index contributed by atoms with van der Waals surface area (Å²) < 4.78 is 14.1. The quantitative estimate of drug-likeness (QED) is 0.463. The summed E-state index contributed by atoms with van der Waals surface area (Å²) in [6.07, 6.45) is 0. The summed E-state index contributed by atoms with van der Waals surface area (Å²) in [4.78, 5) is 0. The SMILES string of the molecule is COc1ccc2c(c1)c1cc(OC)ccc1n2-c1ccc(Br)cc1. The molecule has 4 heteroatoms. The molecule has 4 aromatic rings. The topological polar surface area (TPSA) is 23.4 Å². The molecule has 0 aliphatic heterocycles. The molecule has 3 aromatic carbocycles. The number of rotatable bonds is 3. The molecule has 4 rings (SSSR count). The number of methoxy groups -OCH3 is 2. The standard InChI is InChI=1S/C20H16BrNO2/c1-23-15-7-9-19-17(11-15)18-12-16(24-2)8-10-20(18)22(19)14-5-3-13(21)4-6-14/h3-12H,1-2H3. The van der Waals surface area contributed by atoms with Gasteiger partial charge < -0.3 is 14.0 Å². The Morgan fingerprint density at radius 2 is 1.21 bits per heavy atom. The van der Waals surface area contributed by atoms with Gasteiger partial charge in [-0.3, -0.25) is 0 Å². The summed E-state index contributed by atoms with van der Waals surface area (Å²) in [7, 11) is 3.38. The van der Waals surface area contributed by atoms with Gasteiger partial charge >= 0.3 is 0 Å². The summed E-state index contributed by atoms with van der Waals surface area (Å²) in [5, 5.41) is 2.29. The Balaban J connectivity index is 2.12. The van der Waals surface area contributed by atoms with Crippen molar-refractivity contribution >= 4 is 37.7 Å². The minimum absolute atomic E-state index is 0.847. The molecule has 0 N–H and O–H groups in total. The molecular formula is C20H16BrNO2. The minimum atomic E-state index is 0.847. The molecule has 0 aliphatic rings. The predicted molar refractivity (Wildman–Crippen MR) is 102 cm³/mol. The van der Waals surface area contributed by atoms with Crippen molar-refractivity contribution in [3.63, 3.8) is 0 Å². The second kappa shape index (κ2) is 5.87. The van der Waals surface area contributed by atoms with E-state index in [2.05, 4.69) is 69.0 Å². The van der Waals surface area contributed by atoms with Crippen molar-refractivity contribution in [3.05, 3.63) is 65.1 Å². The molecule has 24 heavy (non-hydrogen) atoms. The number of benzene rings is 3. The van der Waals surface area contributed by atoms with Gasteiger partial charge in [-0.25, -0.2) is 0 Å². The lowest BCUT2D eigenvalue weighted by atomic mass is 10.1. The van der Waals surface area contributed by atoms with E-state index in [1.807, 2.05) is 12.1 Å². The van der Waals surface area contributed by atoms with Gasteiger partial charge in [0.2, 0.25) is 0 Å². The Morgan fingerprint density at radius 3 is 1.67 bits per heavy atom. The lowest BCUT2D eigenvalue weighted by Crippen LogP contribution is -1.93. The number of nitrogens with zero attached hydrogens (tertiary/aromatic N) is 1. The molecule has 0 saturated heterocycles. The average molecular weight is 382 g/mol. The average Bonchev–Trinajstić information content (AvgIpc) is 2.95. The molecule has 0 saturated carbocycles. The van der Waals surface area contributed by atoms with Gasteiger partial charge in [0.25, 0.3) is 0 Å². The zero-order valence-electron chi connectivity index (χ0n) is 13.4. The van der Waals surface area contributed by atoms with Crippen molar-refractivity contribution in [1.29, 1.82) is 0 Å². The van der Waals surface area contributed by atoms with Crippen molar-refractivity contribution in [3.8, 4) is 17.2 Å². The second-order valence-electron chi connectivity index (χ2n) is 5.58. The van der Waals surface area contributed by atoms with Crippen LogP contribution in [0.5, 0.6) is 11.5 Å². The normalized spacial score (nSPS) is 11.1. The maximum atomic E-state index is 5.41. The van der Waals surface area contributed by atoms with Crippen LogP contribution < -0.4 is 9.47 Å². The molecule has 0 amide bonds. The van der Waals surface area contributed by atoms with Crippen LogP contribution in [0.2, 0.25) is 0 Å². The van der Waals surface area contributed by atoms with Gasteiger partial charge in [0.05, 0.1) is 25.3 Å². The Labute approximate surface area is 148 Å². The molecule has 3 nitrogen and oxygen atoms in total. The molecule has 0 bridgehead atoms. The first-order valence-electron chi connectivity index (χ1n) is 7.63. The monoisotopic (exact) mass is 381 g/mol. The summed E-state index contributed by atoms with van der Waals surface area (Å²) in [5.74, 6) is 1.69. The maximum Gasteiger partial charge on any atom is 0.119 e. The zero-order valence-corrected chi connectivity index (χ0v) is 15.0. The Bertz CT molecular complexity index is 974. The molecule has 0 fully saturated rings. The van der Waals surface area contributed by atoms with Crippen LogP contribution in [0.25, 0.3) is 27.5 Å². The molecule has 1 heterocycles. The Hall–Kier alpha value is -2.46. The van der Waals surface area contributed by atoms with Crippen LogP contribution in [0.1, 0.15) is 0 Å². The summed E-state index contributed by atoms with van der Waals surface area (Å²) in [6, 6.07) is 20.7. The highest BCUT2D eigenvalue weighted by atomic mass is 79.9. The van der Waals surface area contributed by atoms with E-state index in [0.717, 1.165) is 43.5 Å². The molecule has 0 unspecified atom stereocenters. The van der Waals surface area contributed by atoms with Gasteiger partial charge in [0.15, 0.2) is 0 Å². The van der Waals surface area contributed by atoms with Crippen molar-refractivity contribution in [2.45, 2.75) is 0 Å². The highest BCUT2D eigenvalue weighted by molar-refractivity contribution is 9.10. The van der Waals surface area contributed by atoms with E-state index < -0.39 is 0 Å². The van der Waals surface area contributed by atoms with Crippen LogP contribution in [0.15, 0.2) is 65.1 Å². The molecule has 0 radical (unpaired) electrons. The molecular weight excluding hydrogens is 366 g/mol. The van der Waals surface area contributed by atoms with Crippen molar-refractivity contribution < 1.29 is 9.47 Å². The van der Waals surface area contributed by atoms with E-state index in [0.29, 0.717) is 0 Å². The highest BCUT2D eigenvalue weighted by Gasteiger charge is 2.13. The third kappa shape index (κ3) is 2.34. The van der Waals surface area contributed by atoms with Crippen LogP contribution in [0.4, 0.5) is 0 Å². The summed E-state index contributed by atoms with van der Waals surface area (Å²) >= 11 is 3.50. The maximum absolute atomic E-state index is 5.41. The third-order valence-corrected chi connectivity index (χ3v) is 4.79. The number of fused-ring (bicyclic) bond motifs is 3. The lowest BCUT2D eigenvalue weighted by Gasteiger charge is -2.08. The predicted octanol–water partition coefficient (Wildman–Crippen LogP) is 5.56. The smallest absolute Gasteiger partial charge is 0.119 e. The van der Waals surface area contributed by atoms with Gasteiger partial charge in [-0.05, 0) is 60.7 Å². The summed E-state index contributed by atoms with van der Waals surface area (Å²) in [6.45, 7) is 0. The van der Waals surface area contributed by atoms with Gasteiger partial charge in [-0.2, -0.15) is 0 Å². The lowest BCUT2D eigenvalue weighted by molar-refractivity contribution is 0.415. The molecule has 0 atom stereocenters. The number of hydrogen-bond acceptors (Lipinski definition) is 2. The van der Waals surface area contributed by atoms with Gasteiger partial charge in [-0.1, -0.05) is 15.9 Å². The van der Waals surface area contributed by atoms with Gasteiger partial charge in [0.1, 0.15) is 11.5 Å². The second-order valence-corrected chi connectivity index (χ2v) is 6.49. The van der Waals surface area contributed by atoms with Crippen molar-refractivity contribution in [1.82, 2.24) is 4.57 Å². The first kappa shape index (κ1) is 15.1. The molecule has 120 valence electrons. The van der Waals surface area contributed by atoms with E-state index >= 15 is 0 Å². The third-order valence-electron chi connectivity index (χ3n) is 4.26. The number of ether oxygens (including phenoxy) is 2. The van der Waals surface area contributed by atoms with Gasteiger partial charge in [-0.15, -0.1) is 0 Å². The minimum Gasteiger partial charge on any atom is -0.497 e. The van der Waals surface area contributed by atoms with E-state index in [4.69, 9.17) is 9.47 Å². The number of aromatic nitrogens is 1. The number of halogens is 1. The van der Waals surface area contributed by atoms with Crippen molar-refractivity contribution in [2.75, 3.05) is 14.2 Å². The molecule has 0 spiro atoms. The van der Waals surface area contributed by atoms with Crippen LogP contribution in [-0.4, -0.2) is 18.8 Å². The largest absolute Gasteiger partial charge is 0.497 e. The zero-order chi connectivity index (χ0) is 16.7. The highest BCUT2D eigenvalue weighted by Crippen LogP contribution is 2.36. The molecule has 1 aromatic heterocycles. The first-order valence-corrected chi connectivity index (χ1v) is 8.42. The van der Waals surface area contributed by atoms with E-state index in [1.165, 1.54) is 0 Å². The first-order chi connectivity index (χ1) is 11.7. The fourth-order valence-electron chi connectivity index (χ4n) is 3.10. The van der Waals surface area contributed by atoms with E-state index in [9.17, 15) is 0 Å². The molecule has 0 aliphatic carbocycles. The van der Waals surface area contributed by atoms with E-state index in [1.54, 1.807) is 14.2 Å². The van der Waals surface area contributed by atoms with Crippen LogP contribution in [0.3, 0.4) is 0 Å². The van der Waals surface area contributed by atoms with Crippen molar-refractivity contribution in [2.24, 2.45) is 0 Å². The van der Waals surface area contributed by atoms with E-state index in [-0.39, 0.29) is 0 Å².